The third kappa shape index (κ3) is 1.54. The molecular weight excluding hydrogens is 148 g/mol. The van der Waals surface area contributed by atoms with Crippen LogP contribution in [0.5, 0.6) is 0 Å². The Morgan fingerprint density at radius 2 is 2.80 bits per heavy atom. The van der Waals surface area contributed by atoms with Gasteiger partial charge in [0.15, 0.2) is 5.01 Å². The Hall–Kier alpha value is -0.900. The molecule has 0 aliphatic carbocycles. The quantitative estimate of drug-likeness (QED) is 0.682. The van der Waals surface area contributed by atoms with Gasteiger partial charge in [-0.15, -0.1) is 11.3 Å². The van der Waals surface area contributed by atoms with E-state index in [1.807, 2.05) is 6.92 Å². The fourth-order valence-electron chi connectivity index (χ4n) is 0.535. The molecule has 0 saturated heterocycles. The standard InChI is InChI=1S/C6H7N2OS/c1-2-7-5(9)6-8-3-4-10-6/h3H,2H2,1H3,(H,7,9). The number of rotatable bonds is 2. The lowest BCUT2D eigenvalue weighted by Gasteiger charge is -1.94. The molecule has 1 N–H and O–H groups in total. The molecule has 0 atom stereocenters. The molecule has 0 bridgehead atoms. The van der Waals surface area contributed by atoms with Crippen LogP contribution in [0.2, 0.25) is 0 Å². The van der Waals surface area contributed by atoms with Gasteiger partial charge in [-0.2, -0.15) is 0 Å². The third-order valence-corrected chi connectivity index (χ3v) is 1.63. The van der Waals surface area contributed by atoms with Crippen molar-refractivity contribution in [3.05, 3.63) is 16.6 Å². The van der Waals surface area contributed by atoms with E-state index in [1.54, 1.807) is 0 Å². The maximum Gasteiger partial charge on any atom is 0.280 e. The van der Waals surface area contributed by atoms with Gasteiger partial charge in [0.25, 0.3) is 5.91 Å². The van der Waals surface area contributed by atoms with Crippen molar-refractivity contribution in [2.24, 2.45) is 0 Å². The molecule has 1 aromatic heterocycles. The van der Waals surface area contributed by atoms with Crippen LogP contribution < -0.4 is 5.32 Å². The number of nitrogens with one attached hydrogen (secondary N) is 1. The van der Waals surface area contributed by atoms with Crippen molar-refractivity contribution in [1.82, 2.24) is 10.3 Å². The van der Waals surface area contributed by atoms with Gasteiger partial charge in [-0.3, -0.25) is 4.79 Å². The molecule has 53 valence electrons. The molecule has 1 aromatic rings. The van der Waals surface area contributed by atoms with Gasteiger partial charge in [0.1, 0.15) is 0 Å². The van der Waals surface area contributed by atoms with Gasteiger partial charge in [-0.05, 0) is 6.92 Å². The van der Waals surface area contributed by atoms with E-state index in [9.17, 15) is 4.79 Å². The van der Waals surface area contributed by atoms with E-state index < -0.39 is 0 Å². The molecule has 0 aliphatic rings. The first-order valence-corrected chi connectivity index (χ1v) is 3.76. The number of carbonyl (C=O) groups is 1. The van der Waals surface area contributed by atoms with Gasteiger partial charge in [0, 0.05) is 12.7 Å². The molecular formula is C6H7N2OS. The predicted molar refractivity (Wildman–Crippen MR) is 39.0 cm³/mol. The molecule has 0 unspecified atom stereocenters. The maximum atomic E-state index is 10.9. The second-order valence-corrected chi connectivity index (χ2v) is 2.47. The van der Waals surface area contributed by atoms with E-state index in [-0.39, 0.29) is 5.91 Å². The highest BCUT2D eigenvalue weighted by molar-refractivity contribution is 7.11. The van der Waals surface area contributed by atoms with Crippen molar-refractivity contribution in [2.45, 2.75) is 6.92 Å². The van der Waals surface area contributed by atoms with Crippen LogP contribution in [-0.2, 0) is 0 Å². The van der Waals surface area contributed by atoms with Crippen molar-refractivity contribution in [3.8, 4) is 0 Å². The summed E-state index contributed by atoms with van der Waals surface area (Å²) in [6, 6.07) is 0. The number of aromatic nitrogens is 1. The Labute approximate surface area is 63.1 Å². The molecule has 1 rings (SSSR count). The average molecular weight is 155 g/mol. The number of thiazole rings is 1. The Balaban J connectivity index is 2.59. The van der Waals surface area contributed by atoms with E-state index in [1.165, 1.54) is 17.5 Å². The smallest absolute Gasteiger partial charge is 0.280 e. The monoisotopic (exact) mass is 155 g/mol. The van der Waals surface area contributed by atoms with Gasteiger partial charge in [0.05, 0.1) is 5.38 Å². The SMILES string of the molecule is CCNC(=O)c1nc[c]s1. The number of amides is 1. The molecule has 0 fully saturated rings. The van der Waals surface area contributed by atoms with E-state index in [2.05, 4.69) is 15.7 Å². The first-order valence-electron chi connectivity index (χ1n) is 2.94. The summed E-state index contributed by atoms with van der Waals surface area (Å²) in [5, 5.41) is 5.85. The lowest BCUT2D eigenvalue weighted by molar-refractivity contribution is 0.0955. The second-order valence-electron chi connectivity index (χ2n) is 1.64. The fourth-order valence-corrected chi connectivity index (χ4v) is 1.02. The largest absolute Gasteiger partial charge is 0.350 e. The summed E-state index contributed by atoms with van der Waals surface area (Å²) in [5.41, 5.74) is 0. The summed E-state index contributed by atoms with van der Waals surface area (Å²) >= 11 is 1.22. The molecule has 0 aromatic carbocycles. The van der Waals surface area contributed by atoms with E-state index in [0.29, 0.717) is 11.6 Å². The molecule has 10 heavy (non-hydrogen) atoms. The van der Waals surface area contributed by atoms with Gasteiger partial charge in [0.2, 0.25) is 0 Å². The summed E-state index contributed by atoms with van der Waals surface area (Å²) in [5.74, 6) is -0.117. The average Bonchev–Trinajstić information content (AvgIpc) is 2.38. The minimum absolute atomic E-state index is 0.117. The van der Waals surface area contributed by atoms with Crippen LogP contribution in [0.4, 0.5) is 0 Å². The lowest BCUT2D eigenvalue weighted by atomic mass is 10.6. The molecule has 1 radical (unpaired) electrons. The zero-order valence-electron chi connectivity index (χ0n) is 5.55. The molecule has 1 heterocycles. The van der Waals surface area contributed by atoms with Crippen LogP contribution in [0.1, 0.15) is 16.7 Å². The van der Waals surface area contributed by atoms with Gasteiger partial charge in [-0.25, -0.2) is 4.98 Å². The Morgan fingerprint density at radius 1 is 2.00 bits per heavy atom. The van der Waals surface area contributed by atoms with Crippen molar-refractivity contribution in [2.75, 3.05) is 6.54 Å². The van der Waals surface area contributed by atoms with E-state index in [4.69, 9.17) is 0 Å². The van der Waals surface area contributed by atoms with Gasteiger partial charge < -0.3 is 5.32 Å². The Bertz CT molecular complexity index is 208. The van der Waals surface area contributed by atoms with Crippen LogP contribution in [0, 0.1) is 5.38 Å². The van der Waals surface area contributed by atoms with Crippen LogP contribution >= 0.6 is 11.3 Å². The number of nitrogens with zero attached hydrogens (tertiary/aromatic N) is 1. The molecule has 0 spiro atoms. The highest BCUT2D eigenvalue weighted by Crippen LogP contribution is 2.01. The maximum absolute atomic E-state index is 10.9. The molecule has 4 heteroatoms. The molecule has 0 saturated carbocycles. The summed E-state index contributed by atoms with van der Waals surface area (Å²) in [6.07, 6.45) is 1.50. The first-order chi connectivity index (χ1) is 4.84. The highest BCUT2D eigenvalue weighted by atomic mass is 32.1. The van der Waals surface area contributed by atoms with Crippen molar-refractivity contribution in [1.29, 1.82) is 0 Å². The van der Waals surface area contributed by atoms with Crippen LogP contribution in [0.3, 0.4) is 0 Å². The van der Waals surface area contributed by atoms with Crippen molar-refractivity contribution >= 4 is 17.2 Å². The third-order valence-electron chi connectivity index (χ3n) is 0.922. The second kappa shape index (κ2) is 3.31. The van der Waals surface area contributed by atoms with Gasteiger partial charge in [-0.1, -0.05) is 0 Å². The molecule has 0 aliphatic heterocycles. The Morgan fingerprint density at radius 3 is 3.30 bits per heavy atom. The van der Waals surface area contributed by atoms with E-state index >= 15 is 0 Å². The predicted octanol–water partition coefficient (Wildman–Crippen LogP) is 0.693. The first kappa shape index (κ1) is 7.21. The summed E-state index contributed by atoms with van der Waals surface area (Å²) in [7, 11) is 0. The summed E-state index contributed by atoms with van der Waals surface area (Å²) < 4.78 is 0. The number of carbonyl (C=O) groups excluding carboxylic acids is 1. The number of hydrogen-bond donors (Lipinski definition) is 1. The lowest BCUT2D eigenvalue weighted by Crippen LogP contribution is -2.22. The fraction of sp³-hybridized carbons (Fsp3) is 0.333. The highest BCUT2D eigenvalue weighted by Gasteiger charge is 2.04. The van der Waals surface area contributed by atoms with Crippen LogP contribution in [0.15, 0.2) is 6.20 Å². The summed E-state index contributed by atoms with van der Waals surface area (Å²) in [4.78, 5) is 14.7. The zero-order chi connectivity index (χ0) is 7.40. The number of hydrogen-bond acceptors (Lipinski definition) is 3. The zero-order valence-corrected chi connectivity index (χ0v) is 6.36. The van der Waals surface area contributed by atoms with Gasteiger partial charge >= 0.3 is 0 Å². The van der Waals surface area contributed by atoms with Crippen LogP contribution in [-0.4, -0.2) is 17.4 Å². The molecule has 1 amide bonds. The van der Waals surface area contributed by atoms with Crippen LogP contribution in [0.25, 0.3) is 0 Å². The topological polar surface area (TPSA) is 42.0 Å². The summed E-state index contributed by atoms with van der Waals surface area (Å²) in [6.45, 7) is 2.51. The Kier molecular flexibility index (Phi) is 2.39. The minimum Gasteiger partial charge on any atom is -0.350 e. The van der Waals surface area contributed by atoms with Crippen molar-refractivity contribution in [3.63, 3.8) is 0 Å². The van der Waals surface area contributed by atoms with Crippen molar-refractivity contribution < 1.29 is 4.79 Å². The molecule has 3 nitrogen and oxygen atoms in total. The van der Waals surface area contributed by atoms with E-state index in [0.717, 1.165) is 0 Å². The minimum atomic E-state index is -0.117. The normalized spacial score (nSPS) is 9.30.